The monoisotopic (exact) mass is 456 g/mol. The number of rotatable bonds is 4. The van der Waals surface area contributed by atoms with Crippen LogP contribution in [0.1, 0.15) is 37.2 Å². The van der Waals surface area contributed by atoms with Crippen LogP contribution in [0, 0.1) is 10.1 Å². The number of nitrogens with one attached hydrogen (secondary N) is 1. The summed E-state index contributed by atoms with van der Waals surface area (Å²) in [6.07, 6.45) is 7.56. The zero-order valence-corrected chi connectivity index (χ0v) is 18.1. The minimum absolute atomic E-state index is 0. The third-order valence-electron chi connectivity index (χ3n) is 4.95. The van der Waals surface area contributed by atoms with Crippen molar-refractivity contribution >= 4 is 29.7 Å². The molecule has 10 heteroatoms. The quantitative estimate of drug-likeness (QED) is 0.418. The van der Waals surface area contributed by atoms with Crippen molar-refractivity contribution in [3.8, 4) is 5.88 Å². The van der Waals surface area contributed by atoms with Gasteiger partial charge in [0, 0.05) is 31.0 Å². The predicted octanol–water partition coefficient (Wildman–Crippen LogP) is 4.17. The normalized spacial score (nSPS) is 17.2. The average Bonchev–Trinajstić information content (AvgIpc) is 2.76. The number of nitro groups is 1. The van der Waals surface area contributed by atoms with Gasteiger partial charge in [-0.15, -0.1) is 12.4 Å². The summed E-state index contributed by atoms with van der Waals surface area (Å²) in [5.74, 6) is 1.39. The molecule has 30 heavy (non-hydrogen) atoms. The molecular weight excluding hydrogens is 431 g/mol. The summed E-state index contributed by atoms with van der Waals surface area (Å²) in [6, 6.07) is 6.86. The van der Waals surface area contributed by atoms with Gasteiger partial charge in [0.15, 0.2) is 0 Å². The van der Waals surface area contributed by atoms with E-state index in [-0.39, 0.29) is 23.2 Å². The highest BCUT2D eigenvalue weighted by molar-refractivity contribution is 6.29. The zero-order valence-electron chi connectivity index (χ0n) is 16.5. The van der Waals surface area contributed by atoms with Gasteiger partial charge in [-0.2, -0.15) is 0 Å². The van der Waals surface area contributed by atoms with E-state index in [0.717, 1.165) is 64.1 Å². The summed E-state index contributed by atoms with van der Waals surface area (Å²) in [7, 11) is 0. The van der Waals surface area contributed by atoms with E-state index in [1.165, 1.54) is 17.7 Å². The molecule has 2 aliphatic rings. The van der Waals surface area contributed by atoms with Crippen LogP contribution in [0.2, 0.25) is 5.15 Å². The van der Waals surface area contributed by atoms with Crippen molar-refractivity contribution < 1.29 is 14.4 Å². The number of piperidine rings is 1. The van der Waals surface area contributed by atoms with Gasteiger partial charge in [0.1, 0.15) is 17.5 Å². The smallest absolute Gasteiger partial charge is 0.287 e. The van der Waals surface area contributed by atoms with Crippen molar-refractivity contribution in [2.75, 3.05) is 26.3 Å². The van der Waals surface area contributed by atoms with Crippen molar-refractivity contribution in [3.05, 3.63) is 57.5 Å². The standard InChI is InChI=1S/C15H22N2O2.C5H3ClN2O2.ClH/c1-2-14(12-5-10-18-11-6-12)15(17-7-1)19-13-3-8-16-9-4-13;6-5-2-1-4(3-7-5)8(9)10;/h1-2,7,12-13,16H,3-6,8-11H2;1-3H;1H. The van der Waals surface area contributed by atoms with E-state index in [1.54, 1.807) is 0 Å². The number of halogens is 2. The molecule has 0 aromatic carbocycles. The fraction of sp³-hybridized carbons (Fsp3) is 0.500. The molecule has 164 valence electrons. The van der Waals surface area contributed by atoms with Crippen LogP contribution in [0.25, 0.3) is 0 Å². The lowest BCUT2D eigenvalue weighted by Gasteiger charge is -2.27. The first-order valence-electron chi connectivity index (χ1n) is 9.79. The van der Waals surface area contributed by atoms with Gasteiger partial charge < -0.3 is 14.8 Å². The summed E-state index contributed by atoms with van der Waals surface area (Å²) < 4.78 is 11.6. The SMILES string of the molecule is Cl.O=[N+]([O-])c1ccc(Cl)nc1.c1cnc(OC2CCNCC2)c(C2CCOCC2)c1. The minimum Gasteiger partial charge on any atom is -0.474 e. The van der Waals surface area contributed by atoms with E-state index >= 15 is 0 Å². The molecule has 0 spiro atoms. The number of ether oxygens (including phenoxy) is 2. The van der Waals surface area contributed by atoms with Gasteiger partial charge in [-0.3, -0.25) is 10.1 Å². The molecule has 8 nitrogen and oxygen atoms in total. The fourth-order valence-corrected chi connectivity index (χ4v) is 3.48. The van der Waals surface area contributed by atoms with Crippen LogP contribution < -0.4 is 10.1 Å². The maximum atomic E-state index is 10.0. The molecule has 0 unspecified atom stereocenters. The molecule has 2 aromatic heterocycles. The predicted molar refractivity (Wildman–Crippen MR) is 117 cm³/mol. The van der Waals surface area contributed by atoms with E-state index in [0.29, 0.717) is 12.0 Å². The molecule has 0 bridgehead atoms. The van der Waals surface area contributed by atoms with E-state index in [4.69, 9.17) is 21.1 Å². The second kappa shape index (κ2) is 12.6. The van der Waals surface area contributed by atoms with Crippen LogP contribution in [0.4, 0.5) is 5.69 Å². The third-order valence-corrected chi connectivity index (χ3v) is 5.17. The summed E-state index contributed by atoms with van der Waals surface area (Å²) in [5.41, 5.74) is 1.22. The van der Waals surface area contributed by atoms with Crippen molar-refractivity contribution in [3.63, 3.8) is 0 Å². The zero-order chi connectivity index (χ0) is 20.5. The molecule has 0 amide bonds. The summed E-state index contributed by atoms with van der Waals surface area (Å²) in [5, 5.41) is 13.7. The molecule has 2 aliphatic heterocycles. The van der Waals surface area contributed by atoms with E-state index in [1.807, 2.05) is 12.3 Å². The minimum atomic E-state index is -0.524. The second-order valence-electron chi connectivity index (χ2n) is 6.95. The van der Waals surface area contributed by atoms with Crippen molar-refractivity contribution in [2.24, 2.45) is 0 Å². The van der Waals surface area contributed by atoms with Gasteiger partial charge in [-0.05, 0) is 56.8 Å². The largest absolute Gasteiger partial charge is 0.474 e. The molecule has 4 rings (SSSR count). The molecule has 1 N–H and O–H groups in total. The van der Waals surface area contributed by atoms with Crippen molar-refractivity contribution in [2.45, 2.75) is 37.7 Å². The first kappa shape index (κ1) is 24.3. The van der Waals surface area contributed by atoms with E-state index < -0.39 is 4.92 Å². The fourth-order valence-electron chi connectivity index (χ4n) is 3.37. The third kappa shape index (κ3) is 7.36. The molecule has 0 saturated carbocycles. The molecule has 4 heterocycles. The summed E-state index contributed by atoms with van der Waals surface area (Å²) in [6.45, 7) is 3.80. The van der Waals surface area contributed by atoms with Gasteiger partial charge in [-0.25, -0.2) is 9.97 Å². The Labute approximate surface area is 186 Å². The summed E-state index contributed by atoms with van der Waals surface area (Å²) >= 11 is 5.38. The van der Waals surface area contributed by atoms with Crippen LogP contribution in [-0.2, 0) is 4.74 Å². The van der Waals surface area contributed by atoms with Gasteiger partial charge in [0.2, 0.25) is 5.88 Å². The highest BCUT2D eigenvalue weighted by Crippen LogP contribution is 2.33. The van der Waals surface area contributed by atoms with Crippen LogP contribution in [0.15, 0.2) is 36.7 Å². The van der Waals surface area contributed by atoms with Crippen LogP contribution in [-0.4, -0.2) is 47.3 Å². The average molecular weight is 457 g/mol. The molecule has 0 radical (unpaired) electrons. The number of nitrogens with zero attached hydrogens (tertiary/aromatic N) is 3. The Hall–Kier alpha value is -2.00. The Balaban J connectivity index is 0.000000249. The van der Waals surface area contributed by atoms with Gasteiger partial charge >= 0.3 is 0 Å². The second-order valence-corrected chi connectivity index (χ2v) is 7.34. The van der Waals surface area contributed by atoms with Crippen molar-refractivity contribution in [1.29, 1.82) is 0 Å². The number of aromatic nitrogens is 2. The van der Waals surface area contributed by atoms with Crippen LogP contribution >= 0.6 is 24.0 Å². The summed E-state index contributed by atoms with van der Waals surface area (Å²) in [4.78, 5) is 17.5. The lowest BCUT2D eigenvalue weighted by Crippen LogP contribution is -2.34. The Morgan fingerprint density at radius 1 is 1.13 bits per heavy atom. The van der Waals surface area contributed by atoms with Crippen molar-refractivity contribution in [1.82, 2.24) is 15.3 Å². The van der Waals surface area contributed by atoms with E-state index in [2.05, 4.69) is 21.4 Å². The molecule has 0 aliphatic carbocycles. The van der Waals surface area contributed by atoms with E-state index in [9.17, 15) is 10.1 Å². The molecule has 2 saturated heterocycles. The highest BCUT2D eigenvalue weighted by Gasteiger charge is 2.22. The maximum absolute atomic E-state index is 10.0. The van der Waals surface area contributed by atoms with Crippen LogP contribution in [0.3, 0.4) is 0 Å². The lowest BCUT2D eigenvalue weighted by molar-refractivity contribution is -0.385. The topological polar surface area (TPSA) is 99.4 Å². The molecular formula is C20H26Cl2N4O4. The number of hydrogen-bond donors (Lipinski definition) is 1. The number of hydrogen-bond acceptors (Lipinski definition) is 7. The van der Waals surface area contributed by atoms with Gasteiger partial charge in [0.25, 0.3) is 5.69 Å². The lowest BCUT2D eigenvalue weighted by atomic mass is 9.92. The molecule has 2 aromatic rings. The molecule has 2 fully saturated rings. The highest BCUT2D eigenvalue weighted by atomic mass is 35.5. The number of pyridine rings is 2. The Morgan fingerprint density at radius 3 is 2.50 bits per heavy atom. The Morgan fingerprint density at radius 2 is 1.87 bits per heavy atom. The maximum Gasteiger partial charge on any atom is 0.287 e. The molecule has 0 atom stereocenters. The Bertz CT molecular complexity index is 783. The van der Waals surface area contributed by atoms with Crippen LogP contribution in [0.5, 0.6) is 5.88 Å². The van der Waals surface area contributed by atoms with Gasteiger partial charge in [-0.1, -0.05) is 17.7 Å². The first-order chi connectivity index (χ1) is 14.1. The van der Waals surface area contributed by atoms with Gasteiger partial charge in [0.05, 0.1) is 4.92 Å². The first-order valence-corrected chi connectivity index (χ1v) is 10.2. The Kier molecular flexibility index (Phi) is 10.2.